The Hall–Kier alpha value is -2.00. The molecule has 1 unspecified atom stereocenters. The van der Waals surface area contributed by atoms with Gasteiger partial charge in [-0.15, -0.1) is 0 Å². The van der Waals surface area contributed by atoms with Gasteiger partial charge in [0, 0.05) is 0 Å². The molecule has 0 amide bonds. The summed E-state index contributed by atoms with van der Waals surface area (Å²) in [5.74, 6) is 1.68. The molecule has 1 atom stereocenters. The van der Waals surface area contributed by atoms with Crippen molar-refractivity contribution in [1.82, 2.24) is 5.32 Å². The maximum atomic E-state index is 5.68. The van der Waals surface area contributed by atoms with E-state index in [1.54, 1.807) is 0 Å². The summed E-state index contributed by atoms with van der Waals surface area (Å²) < 4.78 is 11.3. The largest absolute Gasteiger partial charge is 0.486 e. The molecule has 2 aromatic carbocycles. The molecule has 0 fully saturated rings. The molecule has 104 valence electrons. The first kappa shape index (κ1) is 13.0. The van der Waals surface area contributed by atoms with Gasteiger partial charge >= 0.3 is 0 Å². The SMILES string of the molecule is CCNC(c1ccccc1)c1ccc2c(c1)OCCO2. The number of benzene rings is 2. The van der Waals surface area contributed by atoms with E-state index in [-0.39, 0.29) is 6.04 Å². The maximum absolute atomic E-state index is 5.68. The van der Waals surface area contributed by atoms with Crippen LogP contribution < -0.4 is 14.8 Å². The van der Waals surface area contributed by atoms with Gasteiger partial charge in [-0.25, -0.2) is 0 Å². The highest BCUT2D eigenvalue weighted by Crippen LogP contribution is 2.34. The standard InChI is InChI=1S/C17H19NO2/c1-2-18-17(13-6-4-3-5-7-13)14-8-9-15-16(12-14)20-11-10-19-15/h3-9,12,17-18H,2,10-11H2,1H3. The highest BCUT2D eigenvalue weighted by molar-refractivity contribution is 5.46. The van der Waals surface area contributed by atoms with E-state index >= 15 is 0 Å². The molecule has 3 nitrogen and oxygen atoms in total. The van der Waals surface area contributed by atoms with Crippen LogP contribution in [0.4, 0.5) is 0 Å². The van der Waals surface area contributed by atoms with Crippen molar-refractivity contribution in [3.63, 3.8) is 0 Å². The van der Waals surface area contributed by atoms with E-state index in [0.29, 0.717) is 13.2 Å². The molecule has 0 saturated heterocycles. The van der Waals surface area contributed by atoms with Crippen LogP contribution in [0.2, 0.25) is 0 Å². The van der Waals surface area contributed by atoms with Gasteiger partial charge in [0.1, 0.15) is 13.2 Å². The Morgan fingerprint density at radius 2 is 1.70 bits per heavy atom. The smallest absolute Gasteiger partial charge is 0.161 e. The zero-order valence-corrected chi connectivity index (χ0v) is 11.6. The molecule has 1 aliphatic heterocycles. The summed E-state index contributed by atoms with van der Waals surface area (Å²) in [6, 6.07) is 16.8. The summed E-state index contributed by atoms with van der Waals surface area (Å²) in [6.45, 7) is 4.28. The van der Waals surface area contributed by atoms with Gasteiger partial charge in [0.05, 0.1) is 6.04 Å². The normalized spacial score (nSPS) is 14.8. The number of rotatable bonds is 4. The molecule has 3 rings (SSSR count). The van der Waals surface area contributed by atoms with Crippen molar-refractivity contribution < 1.29 is 9.47 Å². The molecule has 0 aliphatic carbocycles. The van der Waals surface area contributed by atoms with E-state index < -0.39 is 0 Å². The van der Waals surface area contributed by atoms with Crippen molar-refractivity contribution in [2.24, 2.45) is 0 Å². The number of ether oxygens (including phenoxy) is 2. The van der Waals surface area contributed by atoms with Gasteiger partial charge in [-0.1, -0.05) is 43.3 Å². The third-order valence-electron chi connectivity index (χ3n) is 3.44. The van der Waals surface area contributed by atoms with Crippen LogP contribution in [0, 0.1) is 0 Å². The van der Waals surface area contributed by atoms with Gasteiger partial charge in [-0.05, 0) is 29.8 Å². The lowest BCUT2D eigenvalue weighted by Crippen LogP contribution is -2.22. The predicted octanol–water partition coefficient (Wildman–Crippen LogP) is 3.16. The second kappa shape index (κ2) is 5.97. The zero-order chi connectivity index (χ0) is 13.8. The Kier molecular flexibility index (Phi) is 3.88. The molecule has 0 aromatic heterocycles. The van der Waals surface area contributed by atoms with E-state index in [1.807, 2.05) is 12.1 Å². The van der Waals surface area contributed by atoms with Crippen LogP contribution in [0.1, 0.15) is 24.1 Å². The minimum absolute atomic E-state index is 0.178. The Labute approximate surface area is 119 Å². The fourth-order valence-electron chi connectivity index (χ4n) is 2.52. The third-order valence-corrected chi connectivity index (χ3v) is 3.44. The molecule has 0 saturated carbocycles. The van der Waals surface area contributed by atoms with Crippen LogP contribution >= 0.6 is 0 Å². The Morgan fingerprint density at radius 3 is 2.45 bits per heavy atom. The lowest BCUT2D eigenvalue weighted by atomic mass is 9.98. The van der Waals surface area contributed by atoms with Crippen molar-refractivity contribution in [1.29, 1.82) is 0 Å². The van der Waals surface area contributed by atoms with Gasteiger partial charge in [-0.3, -0.25) is 0 Å². The molecule has 2 aromatic rings. The monoisotopic (exact) mass is 269 g/mol. The van der Waals surface area contributed by atoms with Gasteiger partial charge < -0.3 is 14.8 Å². The Bertz CT molecular complexity index is 568. The van der Waals surface area contributed by atoms with E-state index in [2.05, 4.69) is 48.6 Å². The first-order chi connectivity index (χ1) is 9.88. The van der Waals surface area contributed by atoms with Gasteiger partial charge in [0.25, 0.3) is 0 Å². The first-order valence-corrected chi connectivity index (χ1v) is 7.06. The Morgan fingerprint density at radius 1 is 0.950 bits per heavy atom. The lowest BCUT2D eigenvalue weighted by Gasteiger charge is -2.23. The van der Waals surface area contributed by atoms with Crippen molar-refractivity contribution in [3.05, 3.63) is 59.7 Å². The van der Waals surface area contributed by atoms with E-state index in [4.69, 9.17) is 9.47 Å². The summed E-state index contributed by atoms with van der Waals surface area (Å²) in [4.78, 5) is 0. The Balaban J connectivity index is 1.95. The minimum Gasteiger partial charge on any atom is -0.486 e. The van der Waals surface area contributed by atoms with Crippen molar-refractivity contribution >= 4 is 0 Å². The van der Waals surface area contributed by atoms with E-state index in [1.165, 1.54) is 11.1 Å². The van der Waals surface area contributed by atoms with E-state index in [9.17, 15) is 0 Å². The molecule has 1 N–H and O–H groups in total. The van der Waals surface area contributed by atoms with Gasteiger partial charge in [-0.2, -0.15) is 0 Å². The second-order valence-electron chi connectivity index (χ2n) is 4.80. The van der Waals surface area contributed by atoms with Crippen LogP contribution in [-0.2, 0) is 0 Å². The minimum atomic E-state index is 0.178. The number of nitrogens with one attached hydrogen (secondary N) is 1. The molecule has 1 aliphatic rings. The average molecular weight is 269 g/mol. The molecule has 0 spiro atoms. The summed E-state index contributed by atoms with van der Waals surface area (Å²) in [6.07, 6.45) is 0. The molecular formula is C17H19NO2. The molecule has 1 heterocycles. The lowest BCUT2D eigenvalue weighted by molar-refractivity contribution is 0.171. The summed E-state index contributed by atoms with van der Waals surface area (Å²) >= 11 is 0. The van der Waals surface area contributed by atoms with Crippen molar-refractivity contribution in [2.75, 3.05) is 19.8 Å². The average Bonchev–Trinajstić information content (AvgIpc) is 2.53. The van der Waals surface area contributed by atoms with Crippen molar-refractivity contribution in [2.45, 2.75) is 13.0 Å². The molecule has 20 heavy (non-hydrogen) atoms. The molecule has 0 radical (unpaired) electrons. The van der Waals surface area contributed by atoms with Crippen LogP contribution in [0.3, 0.4) is 0 Å². The number of hydrogen-bond acceptors (Lipinski definition) is 3. The fraction of sp³-hybridized carbons (Fsp3) is 0.294. The summed E-state index contributed by atoms with van der Waals surface area (Å²) in [7, 11) is 0. The van der Waals surface area contributed by atoms with Crippen molar-refractivity contribution in [3.8, 4) is 11.5 Å². The topological polar surface area (TPSA) is 30.5 Å². The summed E-state index contributed by atoms with van der Waals surface area (Å²) in [5, 5.41) is 3.53. The van der Waals surface area contributed by atoms with E-state index in [0.717, 1.165) is 18.0 Å². The van der Waals surface area contributed by atoms with Crippen LogP contribution in [-0.4, -0.2) is 19.8 Å². The summed E-state index contributed by atoms with van der Waals surface area (Å²) in [5.41, 5.74) is 2.45. The second-order valence-corrected chi connectivity index (χ2v) is 4.80. The first-order valence-electron chi connectivity index (χ1n) is 7.06. The zero-order valence-electron chi connectivity index (χ0n) is 11.6. The highest BCUT2D eigenvalue weighted by atomic mass is 16.6. The van der Waals surface area contributed by atoms with Gasteiger partial charge in [0.15, 0.2) is 11.5 Å². The molecular weight excluding hydrogens is 250 g/mol. The van der Waals surface area contributed by atoms with Gasteiger partial charge in [0.2, 0.25) is 0 Å². The number of fused-ring (bicyclic) bond motifs is 1. The number of hydrogen-bond donors (Lipinski definition) is 1. The molecule has 3 heteroatoms. The van der Waals surface area contributed by atoms with Crippen LogP contribution in [0.5, 0.6) is 11.5 Å². The highest BCUT2D eigenvalue weighted by Gasteiger charge is 2.17. The van der Waals surface area contributed by atoms with Crippen LogP contribution in [0.25, 0.3) is 0 Å². The quantitative estimate of drug-likeness (QED) is 0.925. The fourth-order valence-corrected chi connectivity index (χ4v) is 2.52. The maximum Gasteiger partial charge on any atom is 0.161 e. The van der Waals surface area contributed by atoms with Crippen LogP contribution in [0.15, 0.2) is 48.5 Å². The molecule has 0 bridgehead atoms. The predicted molar refractivity (Wildman–Crippen MR) is 79.4 cm³/mol. The third kappa shape index (κ3) is 2.63.